The summed E-state index contributed by atoms with van der Waals surface area (Å²) in [5.74, 6) is 0. The van der Waals surface area contributed by atoms with Crippen molar-refractivity contribution in [3.05, 3.63) is 26.7 Å². The number of hydrogen-bond acceptors (Lipinski definition) is 2. The maximum atomic E-state index is 11.3. The van der Waals surface area contributed by atoms with Crippen molar-refractivity contribution in [2.75, 3.05) is 5.32 Å². The van der Waals surface area contributed by atoms with Crippen LogP contribution in [0.1, 0.15) is 13.8 Å². The van der Waals surface area contributed by atoms with E-state index in [0.29, 0.717) is 15.2 Å². The monoisotopic (exact) mass is 325 g/mol. The first-order valence-corrected chi connectivity index (χ1v) is 6.08. The Morgan fingerprint density at radius 1 is 1.38 bits per heavy atom. The van der Waals surface area contributed by atoms with Crippen LogP contribution in [0.4, 0.5) is 10.5 Å². The second kappa shape index (κ2) is 5.75. The molecular formula is C10H10BrCl2NO2. The number of carbonyl (C=O) groups is 1. The molecular weight excluding hydrogens is 317 g/mol. The molecule has 3 nitrogen and oxygen atoms in total. The molecule has 1 N–H and O–H groups in total. The minimum absolute atomic E-state index is 0.190. The molecule has 0 radical (unpaired) electrons. The van der Waals surface area contributed by atoms with E-state index >= 15 is 0 Å². The number of amides is 1. The van der Waals surface area contributed by atoms with Gasteiger partial charge in [0.1, 0.15) is 0 Å². The van der Waals surface area contributed by atoms with Gasteiger partial charge in [-0.25, -0.2) is 4.79 Å². The molecule has 0 aromatic heterocycles. The Labute approximate surface area is 112 Å². The third-order valence-corrected chi connectivity index (χ3v) is 3.39. The molecule has 16 heavy (non-hydrogen) atoms. The van der Waals surface area contributed by atoms with E-state index in [4.69, 9.17) is 27.9 Å². The molecule has 0 atom stereocenters. The lowest BCUT2D eigenvalue weighted by atomic mass is 10.3. The number of rotatable bonds is 2. The zero-order valence-corrected chi connectivity index (χ0v) is 11.8. The van der Waals surface area contributed by atoms with Gasteiger partial charge in [0.25, 0.3) is 0 Å². The van der Waals surface area contributed by atoms with Crippen molar-refractivity contribution in [1.29, 1.82) is 0 Å². The number of nitrogens with one attached hydrogen (secondary N) is 1. The highest BCUT2D eigenvalue weighted by Gasteiger charge is 2.12. The molecule has 1 aromatic rings. The Kier molecular flexibility index (Phi) is 4.89. The molecule has 1 amide bonds. The highest BCUT2D eigenvalue weighted by molar-refractivity contribution is 9.10. The number of hydrogen-bond donors (Lipinski definition) is 1. The van der Waals surface area contributed by atoms with E-state index in [2.05, 4.69) is 21.2 Å². The maximum Gasteiger partial charge on any atom is 0.411 e. The van der Waals surface area contributed by atoms with Crippen LogP contribution in [0.15, 0.2) is 16.6 Å². The molecule has 0 saturated heterocycles. The van der Waals surface area contributed by atoms with Crippen LogP contribution in [-0.2, 0) is 4.74 Å². The summed E-state index contributed by atoms with van der Waals surface area (Å²) in [4.78, 5) is 11.3. The summed E-state index contributed by atoms with van der Waals surface area (Å²) >= 11 is 15.1. The maximum absolute atomic E-state index is 11.3. The van der Waals surface area contributed by atoms with Gasteiger partial charge in [-0.05, 0) is 41.9 Å². The Balaban J connectivity index is 2.82. The van der Waals surface area contributed by atoms with Crippen molar-refractivity contribution in [2.45, 2.75) is 20.0 Å². The molecule has 0 unspecified atom stereocenters. The van der Waals surface area contributed by atoms with Gasteiger partial charge in [-0.2, -0.15) is 0 Å². The summed E-state index contributed by atoms with van der Waals surface area (Å²) in [7, 11) is 0. The lowest BCUT2D eigenvalue weighted by Crippen LogP contribution is -2.18. The van der Waals surface area contributed by atoms with Crippen molar-refractivity contribution in [3.63, 3.8) is 0 Å². The second-order valence-corrected chi connectivity index (χ2v) is 4.91. The Morgan fingerprint density at radius 3 is 2.56 bits per heavy atom. The first kappa shape index (κ1) is 13.6. The molecule has 0 aliphatic heterocycles. The van der Waals surface area contributed by atoms with Crippen molar-refractivity contribution in [3.8, 4) is 0 Å². The zero-order chi connectivity index (χ0) is 12.3. The van der Waals surface area contributed by atoms with Gasteiger partial charge in [0.2, 0.25) is 0 Å². The molecule has 0 saturated carbocycles. The highest BCUT2D eigenvalue weighted by atomic mass is 79.9. The largest absolute Gasteiger partial charge is 0.447 e. The lowest BCUT2D eigenvalue weighted by molar-refractivity contribution is 0.130. The third kappa shape index (κ3) is 3.54. The summed E-state index contributed by atoms with van der Waals surface area (Å²) in [6.45, 7) is 3.52. The van der Waals surface area contributed by atoms with Crippen molar-refractivity contribution in [1.82, 2.24) is 0 Å². The predicted molar refractivity (Wildman–Crippen MR) is 69.4 cm³/mol. The fourth-order valence-corrected chi connectivity index (χ4v) is 1.80. The number of benzene rings is 1. The summed E-state index contributed by atoms with van der Waals surface area (Å²) in [6, 6.07) is 3.33. The summed E-state index contributed by atoms with van der Waals surface area (Å²) in [5, 5.41) is 3.14. The number of ether oxygens (including phenoxy) is 1. The van der Waals surface area contributed by atoms with Crippen LogP contribution >= 0.6 is 39.1 Å². The minimum Gasteiger partial charge on any atom is -0.447 e. The van der Waals surface area contributed by atoms with Gasteiger partial charge in [-0.15, -0.1) is 0 Å². The third-order valence-electron chi connectivity index (χ3n) is 1.61. The van der Waals surface area contributed by atoms with Gasteiger partial charge in [0.15, 0.2) is 0 Å². The topological polar surface area (TPSA) is 38.3 Å². The van der Waals surface area contributed by atoms with Crippen molar-refractivity contribution >= 4 is 50.9 Å². The summed E-state index contributed by atoms with van der Waals surface area (Å²) in [6.07, 6.45) is -0.750. The van der Waals surface area contributed by atoms with E-state index in [1.807, 2.05) is 0 Å². The molecule has 1 aromatic carbocycles. The number of anilines is 1. The van der Waals surface area contributed by atoms with Crippen LogP contribution in [0.25, 0.3) is 0 Å². The quantitative estimate of drug-likeness (QED) is 0.799. The molecule has 6 heteroatoms. The van der Waals surface area contributed by atoms with Gasteiger partial charge in [0.05, 0.1) is 21.8 Å². The first-order chi connectivity index (χ1) is 7.41. The summed E-state index contributed by atoms with van der Waals surface area (Å²) in [5.41, 5.74) is 0.417. The van der Waals surface area contributed by atoms with E-state index in [1.165, 1.54) is 0 Å². The molecule has 0 aliphatic rings. The van der Waals surface area contributed by atoms with Crippen LogP contribution in [0.2, 0.25) is 10.0 Å². The van der Waals surface area contributed by atoms with Gasteiger partial charge in [-0.3, -0.25) is 5.32 Å². The van der Waals surface area contributed by atoms with Gasteiger partial charge in [-0.1, -0.05) is 23.2 Å². The fourth-order valence-electron chi connectivity index (χ4n) is 0.976. The zero-order valence-electron chi connectivity index (χ0n) is 8.68. The Hall–Kier alpha value is -0.450. The summed E-state index contributed by atoms with van der Waals surface area (Å²) < 4.78 is 5.58. The second-order valence-electron chi connectivity index (χ2n) is 3.30. The van der Waals surface area contributed by atoms with Crippen molar-refractivity contribution < 1.29 is 9.53 Å². The van der Waals surface area contributed by atoms with E-state index in [-0.39, 0.29) is 11.1 Å². The molecule has 0 heterocycles. The van der Waals surface area contributed by atoms with E-state index in [9.17, 15) is 4.79 Å². The molecule has 0 aliphatic carbocycles. The average molecular weight is 327 g/mol. The average Bonchev–Trinajstić information content (AvgIpc) is 2.18. The Bertz CT molecular complexity index is 410. The number of halogens is 3. The molecule has 88 valence electrons. The lowest BCUT2D eigenvalue weighted by Gasteiger charge is -2.11. The van der Waals surface area contributed by atoms with Gasteiger partial charge < -0.3 is 4.74 Å². The number of carbonyl (C=O) groups excluding carboxylic acids is 1. The molecule has 0 bridgehead atoms. The van der Waals surface area contributed by atoms with Crippen LogP contribution < -0.4 is 5.32 Å². The minimum atomic E-state index is -0.560. The molecule has 0 spiro atoms. The van der Waals surface area contributed by atoms with Crippen LogP contribution in [0.5, 0.6) is 0 Å². The SMILES string of the molecule is CC(C)OC(=O)Nc1ccc(Br)c(Cl)c1Cl. The molecule has 1 rings (SSSR count). The van der Waals surface area contributed by atoms with E-state index in [0.717, 1.165) is 0 Å². The Morgan fingerprint density at radius 2 is 2.00 bits per heavy atom. The van der Waals surface area contributed by atoms with Crippen LogP contribution in [0, 0.1) is 0 Å². The standard InChI is InChI=1S/C10H10BrCl2NO2/c1-5(2)16-10(15)14-7-4-3-6(11)8(12)9(7)13/h3-5H,1-2H3,(H,14,15). The van der Waals surface area contributed by atoms with E-state index in [1.54, 1.807) is 26.0 Å². The molecule has 0 fully saturated rings. The van der Waals surface area contributed by atoms with Crippen LogP contribution in [-0.4, -0.2) is 12.2 Å². The highest BCUT2D eigenvalue weighted by Crippen LogP contribution is 2.35. The normalized spacial score (nSPS) is 10.4. The van der Waals surface area contributed by atoms with E-state index < -0.39 is 6.09 Å². The van der Waals surface area contributed by atoms with Crippen LogP contribution in [0.3, 0.4) is 0 Å². The first-order valence-electron chi connectivity index (χ1n) is 4.53. The van der Waals surface area contributed by atoms with Crippen molar-refractivity contribution in [2.24, 2.45) is 0 Å². The smallest absolute Gasteiger partial charge is 0.411 e. The van der Waals surface area contributed by atoms with Gasteiger partial charge >= 0.3 is 6.09 Å². The predicted octanol–water partition coefficient (Wildman–Crippen LogP) is 4.71. The van der Waals surface area contributed by atoms with Gasteiger partial charge in [0, 0.05) is 4.47 Å². The fraction of sp³-hybridized carbons (Fsp3) is 0.300.